The van der Waals surface area contributed by atoms with E-state index in [-0.39, 0.29) is 38.1 Å². The van der Waals surface area contributed by atoms with Gasteiger partial charge in [-0.05, 0) is 13.0 Å². The fourth-order valence-corrected chi connectivity index (χ4v) is 3.86. The van der Waals surface area contributed by atoms with Crippen LogP contribution < -0.4 is 9.64 Å². The lowest BCUT2D eigenvalue weighted by atomic mass is 10.3. The van der Waals surface area contributed by atoms with Crippen molar-refractivity contribution in [2.45, 2.75) is 26.2 Å². The number of ether oxygens (including phenoxy) is 1. The van der Waals surface area contributed by atoms with E-state index in [1.165, 1.54) is 11.3 Å². The van der Waals surface area contributed by atoms with Gasteiger partial charge in [0.1, 0.15) is 17.3 Å². The van der Waals surface area contributed by atoms with Crippen LogP contribution in [0.15, 0.2) is 6.07 Å². The summed E-state index contributed by atoms with van der Waals surface area (Å²) >= 11 is 1.47. The summed E-state index contributed by atoms with van der Waals surface area (Å²) in [6.45, 7) is 2.37. The zero-order chi connectivity index (χ0) is 19.2. The molecular formula is C15H15F3N6O2S. The van der Waals surface area contributed by atoms with Crippen molar-refractivity contribution in [1.29, 1.82) is 0 Å². The molecule has 4 rings (SSSR count). The van der Waals surface area contributed by atoms with Gasteiger partial charge in [0.05, 0.1) is 18.5 Å². The number of fused-ring (bicyclic) bond motifs is 2. The van der Waals surface area contributed by atoms with Crippen molar-refractivity contribution in [1.82, 2.24) is 24.7 Å². The second kappa shape index (κ2) is 6.60. The normalized spacial score (nSPS) is 14.6. The molecule has 1 N–H and O–H groups in total. The lowest BCUT2D eigenvalue weighted by molar-refractivity contribution is -0.147. The Kier molecular flexibility index (Phi) is 4.38. The first-order valence-electron chi connectivity index (χ1n) is 8.13. The van der Waals surface area contributed by atoms with Crippen LogP contribution in [0.4, 0.5) is 19.0 Å². The van der Waals surface area contributed by atoms with Gasteiger partial charge in [-0.1, -0.05) is 0 Å². The molecule has 3 aromatic rings. The Labute approximate surface area is 155 Å². The molecule has 0 aliphatic carbocycles. The van der Waals surface area contributed by atoms with E-state index in [1.54, 1.807) is 0 Å². The van der Waals surface area contributed by atoms with Crippen molar-refractivity contribution in [3.8, 4) is 6.01 Å². The van der Waals surface area contributed by atoms with E-state index < -0.39 is 12.0 Å². The molecule has 0 unspecified atom stereocenters. The number of anilines is 1. The van der Waals surface area contributed by atoms with Crippen LogP contribution in [0.1, 0.15) is 16.5 Å². The Morgan fingerprint density at radius 2 is 2.07 bits per heavy atom. The molecule has 0 fully saturated rings. The van der Waals surface area contributed by atoms with Crippen LogP contribution in [-0.4, -0.2) is 49.6 Å². The third kappa shape index (κ3) is 3.30. The fourth-order valence-electron chi connectivity index (χ4n) is 3.00. The van der Waals surface area contributed by atoms with E-state index in [0.29, 0.717) is 17.2 Å². The Hall–Kier alpha value is -2.47. The van der Waals surface area contributed by atoms with Gasteiger partial charge in [0.15, 0.2) is 5.82 Å². The van der Waals surface area contributed by atoms with E-state index in [2.05, 4.69) is 20.2 Å². The number of thiophene rings is 1. The molecule has 144 valence electrons. The average Bonchev–Trinajstić information content (AvgIpc) is 3.20. The number of aromatic nitrogens is 5. The lowest BCUT2D eigenvalue weighted by Crippen LogP contribution is -2.36. The van der Waals surface area contributed by atoms with Crippen molar-refractivity contribution >= 4 is 27.4 Å². The summed E-state index contributed by atoms with van der Waals surface area (Å²) in [6, 6.07) is 2.06. The molecule has 0 atom stereocenters. The van der Waals surface area contributed by atoms with Gasteiger partial charge in [0, 0.05) is 18.0 Å². The molecule has 0 spiro atoms. The summed E-state index contributed by atoms with van der Waals surface area (Å²) < 4.78 is 45.5. The van der Waals surface area contributed by atoms with Gasteiger partial charge >= 0.3 is 12.2 Å². The van der Waals surface area contributed by atoms with Gasteiger partial charge in [-0.15, -0.1) is 21.5 Å². The average molecular weight is 400 g/mol. The molecule has 0 amide bonds. The number of hydrogen-bond donors (Lipinski definition) is 1. The Morgan fingerprint density at radius 1 is 1.26 bits per heavy atom. The van der Waals surface area contributed by atoms with Crippen molar-refractivity contribution in [3.05, 3.63) is 22.6 Å². The minimum Gasteiger partial charge on any atom is -0.461 e. The van der Waals surface area contributed by atoms with E-state index in [0.717, 1.165) is 14.8 Å². The number of hydrogen-bond acceptors (Lipinski definition) is 8. The first-order chi connectivity index (χ1) is 12.9. The summed E-state index contributed by atoms with van der Waals surface area (Å²) in [7, 11) is 0. The molecule has 12 heteroatoms. The third-order valence-electron chi connectivity index (χ3n) is 4.10. The zero-order valence-corrected chi connectivity index (χ0v) is 15.0. The molecular weight excluding hydrogens is 385 g/mol. The first-order valence-corrected chi connectivity index (χ1v) is 8.94. The molecule has 0 saturated carbocycles. The largest absolute Gasteiger partial charge is 0.461 e. The molecule has 0 bridgehead atoms. The summed E-state index contributed by atoms with van der Waals surface area (Å²) in [5, 5.41) is 16.7. The van der Waals surface area contributed by atoms with Crippen LogP contribution in [0.2, 0.25) is 0 Å². The molecule has 3 aromatic heterocycles. The van der Waals surface area contributed by atoms with Crippen molar-refractivity contribution in [2.24, 2.45) is 0 Å². The second-order valence-electron chi connectivity index (χ2n) is 5.99. The maximum absolute atomic E-state index is 13.0. The number of aliphatic hydroxyl groups excluding tert-OH is 1. The van der Waals surface area contributed by atoms with Crippen molar-refractivity contribution in [2.75, 3.05) is 24.7 Å². The number of rotatable bonds is 4. The minimum absolute atomic E-state index is 0.0541. The Balaban J connectivity index is 1.71. The standard InChI is InChI=1S/C15H15F3N6O2S/c1-8-6-9-11(19-14(26-5-4-25)20-12(9)27-8)23-2-3-24-10(7-23)21-22-13(24)15(16,17)18/h6,25H,2-5,7H2,1H3. The van der Waals surface area contributed by atoms with Crippen molar-refractivity contribution < 1.29 is 23.0 Å². The quantitative estimate of drug-likeness (QED) is 0.717. The molecule has 1 aliphatic heterocycles. The highest BCUT2D eigenvalue weighted by atomic mass is 32.1. The molecule has 8 nitrogen and oxygen atoms in total. The van der Waals surface area contributed by atoms with E-state index in [4.69, 9.17) is 9.84 Å². The Morgan fingerprint density at radius 3 is 2.81 bits per heavy atom. The summed E-state index contributed by atoms with van der Waals surface area (Å²) in [6.07, 6.45) is -4.54. The van der Waals surface area contributed by atoms with Crippen LogP contribution >= 0.6 is 11.3 Å². The predicted molar refractivity (Wildman–Crippen MR) is 90.8 cm³/mol. The second-order valence-corrected chi connectivity index (χ2v) is 7.22. The van der Waals surface area contributed by atoms with Crippen LogP contribution in [0.25, 0.3) is 10.2 Å². The summed E-state index contributed by atoms with van der Waals surface area (Å²) in [5.74, 6) is -0.187. The van der Waals surface area contributed by atoms with E-state index >= 15 is 0 Å². The van der Waals surface area contributed by atoms with Crippen LogP contribution in [0.3, 0.4) is 0 Å². The monoisotopic (exact) mass is 400 g/mol. The topological polar surface area (TPSA) is 89.2 Å². The van der Waals surface area contributed by atoms with Gasteiger partial charge in [0.2, 0.25) is 5.82 Å². The van der Waals surface area contributed by atoms with E-state index in [1.807, 2.05) is 17.9 Å². The first kappa shape index (κ1) is 17.9. The number of halogens is 3. The van der Waals surface area contributed by atoms with Gasteiger partial charge in [0.25, 0.3) is 0 Å². The fraction of sp³-hybridized carbons (Fsp3) is 0.467. The van der Waals surface area contributed by atoms with Crippen LogP contribution in [0.5, 0.6) is 6.01 Å². The SMILES string of the molecule is Cc1cc2c(N3CCn4c(nnc4C(F)(F)F)C3)nc(OCCO)nc2s1. The maximum Gasteiger partial charge on any atom is 0.451 e. The number of aryl methyl sites for hydroxylation is 1. The van der Waals surface area contributed by atoms with Gasteiger partial charge in [-0.3, -0.25) is 0 Å². The molecule has 27 heavy (non-hydrogen) atoms. The summed E-state index contributed by atoms with van der Waals surface area (Å²) in [5.41, 5.74) is 0. The lowest BCUT2D eigenvalue weighted by Gasteiger charge is -2.29. The predicted octanol–water partition coefficient (Wildman–Crippen LogP) is 2.00. The molecule has 0 radical (unpaired) electrons. The molecule has 0 aromatic carbocycles. The number of alkyl halides is 3. The van der Waals surface area contributed by atoms with Crippen LogP contribution in [-0.2, 0) is 19.3 Å². The number of nitrogens with zero attached hydrogens (tertiary/aromatic N) is 6. The van der Waals surface area contributed by atoms with Crippen molar-refractivity contribution in [3.63, 3.8) is 0 Å². The highest BCUT2D eigenvalue weighted by Crippen LogP contribution is 2.35. The molecule has 4 heterocycles. The summed E-state index contributed by atoms with van der Waals surface area (Å²) in [4.78, 5) is 12.3. The molecule has 1 aliphatic rings. The Bertz CT molecular complexity index is 986. The highest BCUT2D eigenvalue weighted by molar-refractivity contribution is 7.18. The maximum atomic E-state index is 13.0. The third-order valence-corrected chi connectivity index (χ3v) is 5.05. The number of aliphatic hydroxyl groups is 1. The van der Waals surface area contributed by atoms with Crippen LogP contribution in [0, 0.1) is 6.92 Å². The van der Waals surface area contributed by atoms with E-state index in [9.17, 15) is 13.2 Å². The van der Waals surface area contributed by atoms with Gasteiger partial charge in [-0.25, -0.2) is 0 Å². The minimum atomic E-state index is -4.54. The van der Waals surface area contributed by atoms with Gasteiger partial charge < -0.3 is 19.3 Å². The highest BCUT2D eigenvalue weighted by Gasteiger charge is 2.39. The van der Waals surface area contributed by atoms with Gasteiger partial charge in [-0.2, -0.15) is 23.1 Å². The molecule has 0 saturated heterocycles. The smallest absolute Gasteiger partial charge is 0.451 e. The zero-order valence-electron chi connectivity index (χ0n) is 14.2.